The number of benzene rings is 2. The van der Waals surface area contributed by atoms with Gasteiger partial charge in [-0.2, -0.15) is 0 Å². The highest BCUT2D eigenvalue weighted by atomic mass is 32.2. The van der Waals surface area contributed by atoms with Crippen LogP contribution < -0.4 is 9.04 Å². The Bertz CT molecular complexity index is 902. The summed E-state index contributed by atoms with van der Waals surface area (Å²) in [5.74, 6) is 0.602. The minimum Gasteiger partial charge on any atom is -0.491 e. The Morgan fingerprint density at radius 3 is 2.40 bits per heavy atom. The first-order valence-electron chi connectivity index (χ1n) is 8.22. The van der Waals surface area contributed by atoms with Crippen LogP contribution >= 0.6 is 0 Å². The minimum absolute atomic E-state index is 0.0191. The summed E-state index contributed by atoms with van der Waals surface area (Å²) in [6, 6.07) is 11.7. The van der Waals surface area contributed by atoms with Gasteiger partial charge in [0.1, 0.15) is 5.75 Å². The third-order valence-corrected chi connectivity index (χ3v) is 5.87. The van der Waals surface area contributed by atoms with Crippen molar-refractivity contribution in [3.8, 4) is 5.75 Å². The van der Waals surface area contributed by atoms with E-state index >= 15 is 0 Å². The highest BCUT2D eigenvalue weighted by Crippen LogP contribution is 2.33. The number of carbonyl (C=O) groups is 1. The lowest BCUT2D eigenvalue weighted by Crippen LogP contribution is -2.37. The molecule has 6 heteroatoms. The molecule has 0 aromatic heterocycles. The monoisotopic (exact) mass is 359 g/mol. The number of fused-ring (bicyclic) bond motifs is 1. The van der Waals surface area contributed by atoms with Crippen LogP contribution in [0.5, 0.6) is 5.75 Å². The third kappa shape index (κ3) is 3.39. The zero-order valence-corrected chi connectivity index (χ0v) is 15.3. The molecule has 2 aromatic rings. The number of nitrogens with zero attached hydrogens (tertiary/aromatic N) is 1. The van der Waals surface area contributed by atoms with Crippen LogP contribution in [-0.4, -0.2) is 26.8 Å². The lowest BCUT2D eigenvalue weighted by atomic mass is 10.0. The van der Waals surface area contributed by atoms with Gasteiger partial charge in [-0.15, -0.1) is 0 Å². The van der Waals surface area contributed by atoms with Crippen LogP contribution in [0, 0.1) is 6.92 Å². The summed E-state index contributed by atoms with van der Waals surface area (Å²) >= 11 is 0. The summed E-state index contributed by atoms with van der Waals surface area (Å²) < 4.78 is 33.0. The summed E-state index contributed by atoms with van der Waals surface area (Å²) in [5, 5.41) is 0. The summed E-state index contributed by atoms with van der Waals surface area (Å²) in [6.45, 7) is 5.86. The molecule has 0 fully saturated rings. The van der Waals surface area contributed by atoms with Gasteiger partial charge in [-0.25, -0.2) is 8.42 Å². The number of hydrogen-bond donors (Lipinski definition) is 0. The third-order valence-electron chi connectivity index (χ3n) is 4.05. The van der Waals surface area contributed by atoms with Crippen LogP contribution in [0.2, 0.25) is 0 Å². The molecule has 0 bridgehead atoms. The van der Waals surface area contributed by atoms with Gasteiger partial charge in [0, 0.05) is 18.5 Å². The number of carbonyl (C=O) groups excluding carboxylic acids is 1. The van der Waals surface area contributed by atoms with Crippen molar-refractivity contribution in [3.05, 3.63) is 53.6 Å². The van der Waals surface area contributed by atoms with E-state index in [9.17, 15) is 13.2 Å². The molecule has 0 radical (unpaired) electrons. The smallest absolute Gasteiger partial charge is 0.264 e. The van der Waals surface area contributed by atoms with Crippen LogP contribution in [0.4, 0.5) is 5.69 Å². The van der Waals surface area contributed by atoms with Crippen LogP contribution in [0.3, 0.4) is 0 Å². The first kappa shape index (κ1) is 17.5. The van der Waals surface area contributed by atoms with E-state index in [4.69, 9.17) is 4.74 Å². The molecule has 0 amide bonds. The van der Waals surface area contributed by atoms with Gasteiger partial charge in [-0.05, 0) is 57.2 Å². The second-order valence-corrected chi connectivity index (χ2v) is 8.27. The Balaban J connectivity index is 1.98. The predicted molar refractivity (Wildman–Crippen MR) is 96.9 cm³/mol. The Morgan fingerprint density at radius 2 is 1.76 bits per heavy atom. The zero-order chi connectivity index (χ0) is 18.2. The lowest BCUT2D eigenvalue weighted by Gasteiger charge is -2.30. The molecule has 0 aliphatic carbocycles. The fourth-order valence-corrected chi connectivity index (χ4v) is 4.37. The molecular weight excluding hydrogens is 338 g/mol. The molecule has 132 valence electrons. The van der Waals surface area contributed by atoms with Gasteiger partial charge < -0.3 is 4.74 Å². The molecule has 1 aliphatic heterocycles. The van der Waals surface area contributed by atoms with Crippen LogP contribution in [-0.2, 0) is 10.0 Å². The Hall–Kier alpha value is -2.34. The van der Waals surface area contributed by atoms with Gasteiger partial charge in [0.2, 0.25) is 0 Å². The van der Waals surface area contributed by atoms with Crippen molar-refractivity contribution in [1.82, 2.24) is 0 Å². The number of rotatable bonds is 4. The molecule has 5 nitrogen and oxygen atoms in total. The number of Topliss-reactive ketones (excluding diaryl/α,β-unsaturated/α-hetero) is 1. The Kier molecular flexibility index (Phi) is 4.56. The van der Waals surface area contributed by atoms with Crippen molar-refractivity contribution in [2.75, 3.05) is 10.8 Å². The fourth-order valence-electron chi connectivity index (χ4n) is 2.89. The summed E-state index contributed by atoms with van der Waals surface area (Å²) in [7, 11) is -3.73. The average Bonchev–Trinajstić information content (AvgIpc) is 2.55. The molecule has 1 aliphatic rings. The van der Waals surface area contributed by atoms with Crippen molar-refractivity contribution < 1.29 is 17.9 Å². The maximum Gasteiger partial charge on any atom is 0.264 e. The van der Waals surface area contributed by atoms with E-state index in [1.807, 2.05) is 26.8 Å². The van der Waals surface area contributed by atoms with E-state index < -0.39 is 10.0 Å². The fraction of sp³-hybridized carbons (Fsp3) is 0.316. The molecular formula is C19H21NO4S. The number of ether oxygens (including phenoxy) is 1. The standard InChI is InChI=1S/C19H21NO4S/c1-13(2)24-15-5-7-16(8-6-15)25(22,23)20-11-10-19(21)17-12-14(3)4-9-18(17)20/h4-9,12-13H,10-11H2,1-3H3. The number of sulfonamides is 1. The number of aryl methyl sites for hydroxylation is 1. The molecule has 0 spiro atoms. The molecule has 0 saturated heterocycles. The van der Waals surface area contributed by atoms with E-state index in [-0.39, 0.29) is 29.7 Å². The summed E-state index contributed by atoms with van der Waals surface area (Å²) in [5.41, 5.74) is 1.85. The molecule has 0 N–H and O–H groups in total. The van der Waals surface area contributed by atoms with Gasteiger partial charge in [-0.1, -0.05) is 11.6 Å². The summed E-state index contributed by atoms with van der Waals surface area (Å²) in [4.78, 5) is 12.3. The van der Waals surface area contributed by atoms with E-state index in [0.717, 1.165) is 5.56 Å². The summed E-state index contributed by atoms with van der Waals surface area (Å²) in [6.07, 6.45) is 0.204. The largest absolute Gasteiger partial charge is 0.491 e. The Labute approximate surface area is 148 Å². The molecule has 3 rings (SSSR count). The zero-order valence-electron chi connectivity index (χ0n) is 14.5. The van der Waals surface area contributed by atoms with Crippen molar-refractivity contribution in [2.24, 2.45) is 0 Å². The maximum absolute atomic E-state index is 13.0. The second kappa shape index (κ2) is 6.52. The van der Waals surface area contributed by atoms with Crippen molar-refractivity contribution in [3.63, 3.8) is 0 Å². The van der Waals surface area contributed by atoms with Crippen LogP contribution in [0.15, 0.2) is 47.4 Å². The number of ketones is 1. The average molecular weight is 359 g/mol. The highest BCUT2D eigenvalue weighted by molar-refractivity contribution is 7.92. The van der Waals surface area contributed by atoms with E-state index in [1.165, 1.54) is 16.4 Å². The molecule has 1 heterocycles. The normalized spacial score (nSPS) is 14.6. The predicted octanol–water partition coefficient (Wildman–Crippen LogP) is 3.56. The quantitative estimate of drug-likeness (QED) is 0.837. The topological polar surface area (TPSA) is 63.7 Å². The minimum atomic E-state index is -3.73. The first-order valence-corrected chi connectivity index (χ1v) is 9.66. The molecule has 0 atom stereocenters. The van der Waals surface area contributed by atoms with E-state index in [1.54, 1.807) is 24.3 Å². The second-order valence-electron chi connectivity index (χ2n) is 6.41. The highest BCUT2D eigenvalue weighted by Gasteiger charge is 2.32. The van der Waals surface area contributed by atoms with Crippen molar-refractivity contribution >= 4 is 21.5 Å². The Morgan fingerprint density at radius 1 is 1.08 bits per heavy atom. The molecule has 0 unspecified atom stereocenters. The lowest BCUT2D eigenvalue weighted by molar-refractivity contribution is 0.0982. The first-order chi connectivity index (χ1) is 11.8. The van der Waals surface area contributed by atoms with Gasteiger partial charge >= 0.3 is 0 Å². The van der Waals surface area contributed by atoms with Gasteiger partial charge in [0.15, 0.2) is 5.78 Å². The van der Waals surface area contributed by atoms with Crippen molar-refractivity contribution in [1.29, 1.82) is 0 Å². The van der Waals surface area contributed by atoms with Crippen molar-refractivity contribution in [2.45, 2.75) is 38.2 Å². The van der Waals surface area contributed by atoms with E-state index in [2.05, 4.69) is 0 Å². The van der Waals surface area contributed by atoms with Crippen LogP contribution in [0.1, 0.15) is 36.2 Å². The molecule has 2 aromatic carbocycles. The number of anilines is 1. The van der Waals surface area contributed by atoms with Gasteiger partial charge in [0.25, 0.3) is 10.0 Å². The van der Waals surface area contributed by atoms with Gasteiger partial charge in [-0.3, -0.25) is 9.10 Å². The molecule has 0 saturated carbocycles. The number of hydrogen-bond acceptors (Lipinski definition) is 4. The van der Waals surface area contributed by atoms with Gasteiger partial charge in [0.05, 0.1) is 16.7 Å². The van der Waals surface area contributed by atoms with Crippen LogP contribution in [0.25, 0.3) is 0 Å². The maximum atomic E-state index is 13.0. The van der Waals surface area contributed by atoms with E-state index in [0.29, 0.717) is 17.0 Å². The molecule has 25 heavy (non-hydrogen) atoms. The SMILES string of the molecule is Cc1ccc2c(c1)C(=O)CCN2S(=O)(=O)c1ccc(OC(C)C)cc1.